The maximum atomic E-state index is 11.9. The molecule has 118 valence electrons. The van der Waals surface area contributed by atoms with Crippen molar-refractivity contribution >= 4 is 29.1 Å². The van der Waals surface area contributed by atoms with Crippen LogP contribution in [0, 0.1) is 10.1 Å². The minimum Gasteiger partial charge on any atom is -0.490 e. The van der Waals surface area contributed by atoms with Crippen molar-refractivity contribution in [3.8, 4) is 5.75 Å². The number of nitrogens with zero attached hydrogens (tertiary/aromatic N) is 2. The Bertz CT molecular complexity index is 646. The maximum Gasteiger partial charge on any atom is 0.344 e. The highest BCUT2D eigenvalue weighted by Crippen LogP contribution is 2.37. The lowest BCUT2D eigenvalue weighted by atomic mass is 10.1. The lowest BCUT2D eigenvalue weighted by Crippen LogP contribution is -2.29. The van der Waals surface area contributed by atoms with E-state index >= 15 is 0 Å². The summed E-state index contributed by atoms with van der Waals surface area (Å²) < 4.78 is 9.99. The predicted molar refractivity (Wildman–Crippen MR) is 83.7 cm³/mol. The van der Waals surface area contributed by atoms with Gasteiger partial charge in [-0.05, 0) is 26.0 Å². The van der Waals surface area contributed by atoms with Gasteiger partial charge in [-0.25, -0.2) is 4.79 Å². The second-order valence-electron chi connectivity index (χ2n) is 4.69. The Morgan fingerprint density at radius 3 is 2.86 bits per heavy atom. The predicted octanol–water partition coefficient (Wildman–Crippen LogP) is 2.42. The van der Waals surface area contributed by atoms with Gasteiger partial charge in [0.2, 0.25) is 4.87 Å². The smallest absolute Gasteiger partial charge is 0.344 e. The van der Waals surface area contributed by atoms with Crippen molar-refractivity contribution in [1.29, 1.82) is 0 Å². The van der Waals surface area contributed by atoms with Crippen LogP contribution in [0.5, 0.6) is 5.75 Å². The summed E-state index contributed by atoms with van der Waals surface area (Å²) in [5.41, 5.74) is 1.11. The Morgan fingerprint density at radius 2 is 2.27 bits per heavy atom. The molecule has 0 saturated heterocycles. The summed E-state index contributed by atoms with van der Waals surface area (Å²) in [7, 11) is 1.38. The third kappa shape index (κ3) is 3.06. The van der Waals surface area contributed by atoms with Gasteiger partial charge in [0.1, 0.15) is 0 Å². The zero-order valence-corrected chi connectivity index (χ0v) is 13.3. The summed E-state index contributed by atoms with van der Waals surface area (Å²) in [6, 6.07) is 4.64. The number of hydrogen-bond donors (Lipinski definition) is 0. The van der Waals surface area contributed by atoms with Crippen molar-refractivity contribution in [3.63, 3.8) is 0 Å². The molecule has 0 aliphatic carbocycles. The van der Waals surface area contributed by atoms with Gasteiger partial charge in [0.25, 0.3) is 0 Å². The van der Waals surface area contributed by atoms with Crippen LogP contribution in [0.4, 0.5) is 5.69 Å². The van der Waals surface area contributed by atoms with Crippen molar-refractivity contribution in [2.24, 2.45) is 4.99 Å². The topological polar surface area (TPSA) is 91.0 Å². The van der Waals surface area contributed by atoms with E-state index in [4.69, 9.17) is 9.47 Å². The Morgan fingerprint density at radius 1 is 1.55 bits per heavy atom. The average Bonchev–Trinajstić information content (AvgIpc) is 2.90. The molecule has 0 fully saturated rings. The molecule has 0 aromatic heterocycles. The summed E-state index contributed by atoms with van der Waals surface area (Å²) in [4.78, 5) is 25.9. The van der Waals surface area contributed by atoms with Crippen molar-refractivity contribution < 1.29 is 19.2 Å². The molecule has 8 heteroatoms. The molecular formula is C14H16N2O5S. The number of thioether (sulfide) groups is 1. The fourth-order valence-electron chi connectivity index (χ4n) is 2.06. The van der Waals surface area contributed by atoms with Crippen LogP contribution in [-0.2, 0) is 9.53 Å². The SMILES string of the molecule is CCOC(=O)C1(C)N=C(c2ccc(OC)c([N+](=O)[O-])c2)CS1. The summed E-state index contributed by atoms with van der Waals surface area (Å²) in [6.07, 6.45) is 0. The first-order chi connectivity index (χ1) is 10.4. The van der Waals surface area contributed by atoms with Gasteiger partial charge in [0.05, 0.1) is 24.4 Å². The molecule has 0 radical (unpaired) electrons. The van der Waals surface area contributed by atoms with Gasteiger partial charge in [-0.2, -0.15) is 0 Å². The van der Waals surface area contributed by atoms with Crippen molar-refractivity contribution in [2.45, 2.75) is 18.7 Å². The van der Waals surface area contributed by atoms with Crippen LogP contribution < -0.4 is 4.74 Å². The quantitative estimate of drug-likeness (QED) is 0.469. The molecule has 1 heterocycles. The number of esters is 1. The first kappa shape index (κ1) is 16.3. The number of nitro groups is 1. The fraction of sp³-hybridized carbons (Fsp3) is 0.429. The highest BCUT2D eigenvalue weighted by Gasteiger charge is 2.40. The molecule has 1 aliphatic heterocycles. The number of benzene rings is 1. The lowest BCUT2D eigenvalue weighted by molar-refractivity contribution is -0.385. The number of rotatable bonds is 5. The number of ether oxygens (including phenoxy) is 2. The Kier molecular flexibility index (Phi) is 4.70. The molecule has 22 heavy (non-hydrogen) atoms. The van der Waals surface area contributed by atoms with E-state index in [-0.39, 0.29) is 18.0 Å². The van der Waals surface area contributed by atoms with E-state index in [1.54, 1.807) is 19.9 Å². The van der Waals surface area contributed by atoms with E-state index < -0.39 is 15.8 Å². The van der Waals surface area contributed by atoms with E-state index in [9.17, 15) is 14.9 Å². The van der Waals surface area contributed by atoms with E-state index in [0.717, 1.165) is 0 Å². The minimum atomic E-state index is -1.000. The summed E-state index contributed by atoms with van der Waals surface area (Å²) in [5, 5.41) is 11.1. The molecule has 0 spiro atoms. The van der Waals surface area contributed by atoms with Crippen molar-refractivity contribution in [1.82, 2.24) is 0 Å². The van der Waals surface area contributed by atoms with E-state index in [1.807, 2.05) is 0 Å². The number of methoxy groups -OCH3 is 1. The van der Waals surface area contributed by atoms with Gasteiger partial charge in [-0.15, -0.1) is 11.8 Å². The Hall–Kier alpha value is -2.09. The molecule has 0 N–H and O–H groups in total. The average molecular weight is 324 g/mol. The molecule has 1 unspecified atom stereocenters. The van der Waals surface area contributed by atoms with E-state index in [1.165, 1.54) is 31.0 Å². The zero-order valence-electron chi connectivity index (χ0n) is 12.5. The zero-order chi connectivity index (χ0) is 16.3. The summed E-state index contributed by atoms with van der Waals surface area (Å²) >= 11 is 1.34. The molecule has 1 aromatic carbocycles. The Labute approximate surface area is 131 Å². The van der Waals surface area contributed by atoms with E-state index in [0.29, 0.717) is 17.0 Å². The largest absolute Gasteiger partial charge is 0.490 e. The lowest BCUT2D eigenvalue weighted by Gasteiger charge is -2.16. The molecule has 0 amide bonds. The number of carbonyl (C=O) groups is 1. The van der Waals surface area contributed by atoms with Crippen LogP contribution in [0.2, 0.25) is 0 Å². The standard InChI is InChI=1S/C14H16N2O5S/c1-4-21-13(17)14(2)15-10(8-22-14)9-5-6-12(20-3)11(7-9)16(18)19/h5-7H,4,8H2,1-3H3. The maximum absolute atomic E-state index is 11.9. The highest BCUT2D eigenvalue weighted by molar-refractivity contribution is 8.02. The molecule has 1 aromatic rings. The summed E-state index contributed by atoms with van der Waals surface area (Å²) in [5.74, 6) is 0.268. The molecule has 1 atom stereocenters. The number of nitro benzene ring substituents is 1. The second kappa shape index (κ2) is 6.35. The van der Waals surface area contributed by atoms with Crippen LogP contribution in [-0.4, -0.2) is 40.9 Å². The van der Waals surface area contributed by atoms with Crippen molar-refractivity contribution in [3.05, 3.63) is 33.9 Å². The van der Waals surface area contributed by atoms with Crippen LogP contribution in [0.25, 0.3) is 0 Å². The van der Waals surface area contributed by atoms with Gasteiger partial charge >= 0.3 is 11.7 Å². The second-order valence-corrected chi connectivity index (χ2v) is 6.07. The van der Waals surface area contributed by atoms with Crippen LogP contribution in [0.3, 0.4) is 0 Å². The molecule has 0 bridgehead atoms. The minimum absolute atomic E-state index is 0.127. The van der Waals surface area contributed by atoms with Crippen LogP contribution in [0.15, 0.2) is 23.2 Å². The number of aliphatic imine (C=N–C) groups is 1. The van der Waals surface area contributed by atoms with Crippen LogP contribution in [0.1, 0.15) is 19.4 Å². The highest BCUT2D eigenvalue weighted by atomic mass is 32.2. The van der Waals surface area contributed by atoms with Gasteiger partial charge in [-0.3, -0.25) is 15.1 Å². The first-order valence-corrected chi connectivity index (χ1v) is 7.62. The number of carbonyl (C=O) groups excluding carboxylic acids is 1. The van der Waals surface area contributed by atoms with E-state index in [2.05, 4.69) is 4.99 Å². The molecule has 7 nitrogen and oxygen atoms in total. The monoisotopic (exact) mass is 324 g/mol. The molecule has 2 rings (SSSR count). The molecule has 0 saturated carbocycles. The normalized spacial score (nSPS) is 20.4. The number of hydrogen-bond acceptors (Lipinski definition) is 7. The Balaban J connectivity index is 2.35. The fourth-order valence-corrected chi connectivity index (χ4v) is 3.06. The van der Waals surface area contributed by atoms with Crippen LogP contribution >= 0.6 is 11.8 Å². The van der Waals surface area contributed by atoms with Gasteiger partial charge in [-0.1, -0.05) is 0 Å². The van der Waals surface area contributed by atoms with Crippen molar-refractivity contribution in [2.75, 3.05) is 19.5 Å². The van der Waals surface area contributed by atoms with Gasteiger partial charge < -0.3 is 9.47 Å². The molecular weight excluding hydrogens is 308 g/mol. The third-order valence-corrected chi connectivity index (χ3v) is 4.44. The first-order valence-electron chi connectivity index (χ1n) is 6.64. The van der Waals surface area contributed by atoms with Gasteiger partial charge in [0, 0.05) is 17.4 Å². The summed E-state index contributed by atoms with van der Waals surface area (Å²) in [6.45, 7) is 3.70. The molecule has 1 aliphatic rings. The van der Waals surface area contributed by atoms with Gasteiger partial charge in [0.15, 0.2) is 5.75 Å². The third-order valence-electron chi connectivity index (χ3n) is 3.20.